The highest BCUT2D eigenvalue weighted by molar-refractivity contribution is 6.33. The fraction of sp³-hybridized carbons (Fsp3) is 0.167. The van der Waals surface area contributed by atoms with Crippen molar-refractivity contribution in [2.75, 3.05) is 4.90 Å². The van der Waals surface area contributed by atoms with Gasteiger partial charge in [0, 0.05) is 5.92 Å². The number of carbonyl (C=O) groups is 2. The second-order valence-electron chi connectivity index (χ2n) is 7.71. The standard InChI is InChI=1S/C24H16ClNO2/c25-24-17-12-6-4-10-15(17)19(16-11-5-7-13-18(16)24)20-21(24)23(28)26(22(20)27)14-8-2-1-3-9-14/h1-13,19-21H/t19?,20-,21+,24?/m0/s1. The van der Waals surface area contributed by atoms with Gasteiger partial charge in [0.2, 0.25) is 11.8 Å². The summed E-state index contributed by atoms with van der Waals surface area (Å²) in [5, 5.41) is 0. The van der Waals surface area contributed by atoms with Crippen molar-refractivity contribution in [1.29, 1.82) is 0 Å². The van der Waals surface area contributed by atoms with Gasteiger partial charge in [0.05, 0.1) is 17.5 Å². The van der Waals surface area contributed by atoms with Crippen molar-refractivity contribution in [2.24, 2.45) is 11.8 Å². The van der Waals surface area contributed by atoms with Crippen LogP contribution in [0.3, 0.4) is 0 Å². The number of benzene rings is 3. The summed E-state index contributed by atoms with van der Waals surface area (Å²) in [5.74, 6) is -1.58. The van der Waals surface area contributed by atoms with Gasteiger partial charge >= 0.3 is 0 Å². The summed E-state index contributed by atoms with van der Waals surface area (Å²) < 4.78 is 0. The fourth-order valence-corrected chi connectivity index (χ4v) is 6.08. The molecule has 1 fully saturated rings. The van der Waals surface area contributed by atoms with Crippen molar-refractivity contribution in [2.45, 2.75) is 10.8 Å². The second kappa shape index (κ2) is 5.33. The van der Waals surface area contributed by atoms with Gasteiger partial charge in [0.25, 0.3) is 0 Å². The Morgan fingerprint density at radius 1 is 0.714 bits per heavy atom. The third-order valence-electron chi connectivity index (χ3n) is 6.53. The van der Waals surface area contributed by atoms with Crippen molar-refractivity contribution in [3.05, 3.63) is 101 Å². The largest absolute Gasteiger partial charge is 0.274 e. The molecule has 3 nitrogen and oxygen atoms in total. The van der Waals surface area contributed by atoms with E-state index in [1.54, 1.807) is 12.1 Å². The Morgan fingerprint density at radius 2 is 1.25 bits per heavy atom. The molecule has 2 amide bonds. The summed E-state index contributed by atoms with van der Waals surface area (Å²) in [5.41, 5.74) is 4.65. The molecule has 4 heteroatoms. The number of halogens is 1. The lowest BCUT2D eigenvalue weighted by atomic mass is 9.54. The van der Waals surface area contributed by atoms with E-state index < -0.39 is 16.7 Å². The molecule has 0 N–H and O–H groups in total. The van der Waals surface area contributed by atoms with Crippen LogP contribution in [0.5, 0.6) is 0 Å². The number of alkyl halides is 1. The first-order valence-corrected chi connectivity index (χ1v) is 9.82. The molecule has 3 aromatic rings. The van der Waals surface area contributed by atoms with Crippen molar-refractivity contribution in [3.8, 4) is 0 Å². The van der Waals surface area contributed by atoms with Crippen molar-refractivity contribution in [3.63, 3.8) is 0 Å². The van der Waals surface area contributed by atoms with E-state index in [9.17, 15) is 9.59 Å². The summed E-state index contributed by atoms with van der Waals surface area (Å²) in [6.07, 6.45) is 0. The van der Waals surface area contributed by atoms with E-state index in [4.69, 9.17) is 11.6 Å². The number of amides is 2. The van der Waals surface area contributed by atoms with Gasteiger partial charge in [-0.3, -0.25) is 9.59 Å². The first-order valence-electron chi connectivity index (χ1n) is 9.44. The third-order valence-corrected chi connectivity index (χ3v) is 7.17. The predicted octanol–water partition coefficient (Wildman–Crippen LogP) is 4.43. The number of carbonyl (C=O) groups excluding carboxylic acids is 2. The number of anilines is 1. The van der Waals surface area contributed by atoms with Crippen LogP contribution in [0.25, 0.3) is 0 Å². The highest BCUT2D eigenvalue weighted by Crippen LogP contribution is 2.65. The molecular formula is C24H16ClNO2. The molecule has 0 spiro atoms. The monoisotopic (exact) mass is 385 g/mol. The van der Waals surface area contributed by atoms with Gasteiger partial charge < -0.3 is 0 Å². The van der Waals surface area contributed by atoms with Gasteiger partial charge in [-0.2, -0.15) is 0 Å². The molecule has 28 heavy (non-hydrogen) atoms. The van der Waals surface area contributed by atoms with E-state index in [1.807, 2.05) is 66.7 Å². The van der Waals surface area contributed by atoms with E-state index >= 15 is 0 Å². The Labute approximate surface area is 167 Å². The molecule has 1 heterocycles. The van der Waals surface area contributed by atoms with Crippen molar-refractivity contribution < 1.29 is 9.59 Å². The van der Waals surface area contributed by atoms with Crippen LogP contribution in [-0.4, -0.2) is 11.8 Å². The number of imide groups is 1. The molecule has 0 aromatic heterocycles. The Bertz CT molecular complexity index is 1110. The van der Waals surface area contributed by atoms with Crippen LogP contribution in [0, 0.1) is 11.8 Å². The highest BCUT2D eigenvalue weighted by atomic mass is 35.5. The Kier molecular flexibility index (Phi) is 3.06. The summed E-state index contributed by atoms with van der Waals surface area (Å²) in [7, 11) is 0. The smallest absolute Gasteiger partial charge is 0.240 e. The van der Waals surface area contributed by atoms with Crippen LogP contribution in [0.1, 0.15) is 28.2 Å². The number of rotatable bonds is 1. The summed E-state index contributed by atoms with van der Waals surface area (Å²) >= 11 is 7.37. The molecule has 3 aromatic carbocycles. The van der Waals surface area contributed by atoms with Crippen LogP contribution in [0.4, 0.5) is 5.69 Å². The van der Waals surface area contributed by atoms with Crippen LogP contribution in [-0.2, 0) is 14.5 Å². The Morgan fingerprint density at radius 3 is 1.86 bits per heavy atom. The van der Waals surface area contributed by atoms with Gasteiger partial charge in [-0.1, -0.05) is 66.7 Å². The quantitative estimate of drug-likeness (QED) is 0.459. The van der Waals surface area contributed by atoms with Crippen molar-refractivity contribution in [1.82, 2.24) is 0 Å². The van der Waals surface area contributed by atoms with Gasteiger partial charge in [0.15, 0.2) is 0 Å². The molecular weight excluding hydrogens is 370 g/mol. The molecule has 0 unspecified atom stereocenters. The van der Waals surface area contributed by atoms with E-state index in [2.05, 4.69) is 0 Å². The Balaban J connectivity index is 1.64. The molecule has 4 aliphatic rings. The zero-order valence-electron chi connectivity index (χ0n) is 14.9. The minimum absolute atomic E-state index is 0.150. The summed E-state index contributed by atoms with van der Waals surface area (Å²) in [4.78, 5) is 27.5. The average Bonchev–Trinajstić information content (AvgIpc) is 3.01. The predicted molar refractivity (Wildman–Crippen MR) is 107 cm³/mol. The SMILES string of the molecule is O=C1[C@H]2C3c4ccccc4C(Cl)(c4ccccc43)[C@H]2C(=O)N1c1ccccc1. The van der Waals surface area contributed by atoms with Gasteiger partial charge in [-0.05, 0) is 34.4 Å². The highest BCUT2D eigenvalue weighted by Gasteiger charge is 2.67. The lowest BCUT2D eigenvalue weighted by molar-refractivity contribution is -0.122. The molecule has 136 valence electrons. The number of para-hydroxylation sites is 1. The minimum Gasteiger partial charge on any atom is -0.274 e. The second-order valence-corrected chi connectivity index (χ2v) is 8.31. The number of hydrogen-bond donors (Lipinski definition) is 0. The first kappa shape index (κ1) is 16.1. The molecule has 7 rings (SSSR count). The van der Waals surface area contributed by atoms with Gasteiger partial charge in [0.1, 0.15) is 4.87 Å². The molecule has 1 saturated heterocycles. The van der Waals surface area contributed by atoms with Crippen LogP contribution in [0.2, 0.25) is 0 Å². The maximum absolute atomic E-state index is 13.6. The van der Waals surface area contributed by atoms with E-state index in [1.165, 1.54) is 4.90 Å². The zero-order valence-corrected chi connectivity index (χ0v) is 15.6. The van der Waals surface area contributed by atoms with Crippen molar-refractivity contribution >= 4 is 29.1 Å². The Hall–Kier alpha value is -2.91. The molecule has 0 saturated carbocycles. The van der Waals surface area contributed by atoms with Crippen LogP contribution in [0.15, 0.2) is 78.9 Å². The zero-order chi connectivity index (χ0) is 19.0. The summed E-state index contributed by atoms with van der Waals surface area (Å²) in [6.45, 7) is 0. The average molecular weight is 386 g/mol. The third kappa shape index (κ3) is 1.71. The topological polar surface area (TPSA) is 37.4 Å². The number of hydrogen-bond acceptors (Lipinski definition) is 2. The maximum Gasteiger partial charge on any atom is 0.240 e. The van der Waals surface area contributed by atoms with E-state index in [0.717, 1.165) is 22.3 Å². The van der Waals surface area contributed by atoms with Crippen LogP contribution < -0.4 is 4.90 Å². The normalized spacial score (nSPS) is 29.5. The fourth-order valence-electron chi connectivity index (χ4n) is 5.51. The first-order chi connectivity index (χ1) is 13.6. The van der Waals surface area contributed by atoms with Gasteiger partial charge in [-0.15, -0.1) is 11.6 Å². The molecule has 2 bridgehead atoms. The van der Waals surface area contributed by atoms with Crippen LogP contribution >= 0.6 is 11.6 Å². The van der Waals surface area contributed by atoms with Gasteiger partial charge in [-0.25, -0.2) is 4.90 Å². The number of nitrogens with zero attached hydrogens (tertiary/aromatic N) is 1. The lowest BCUT2D eigenvalue weighted by Gasteiger charge is -2.50. The molecule has 1 aliphatic heterocycles. The molecule has 2 atom stereocenters. The van der Waals surface area contributed by atoms with E-state index in [0.29, 0.717) is 5.69 Å². The maximum atomic E-state index is 13.6. The lowest BCUT2D eigenvalue weighted by Crippen LogP contribution is -2.50. The molecule has 0 radical (unpaired) electrons. The van der Waals surface area contributed by atoms with E-state index in [-0.39, 0.29) is 17.7 Å². The summed E-state index contributed by atoms with van der Waals surface area (Å²) in [6, 6.07) is 25.1. The molecule has 3 aliphatic carbocycles. The minimum atomic E-state index is -1.02.